The Bertz CT molecular complexity index is 1430. The van der Waals surface area contributed by atoms with Gasteiger partial charge in [0.25, 0.3) is 11.5 Å². The Labute approximate surface area is 198 Å². The SMILES string of the molecule is CNC(=O)c1ccc(-c2cc(F)c(NC(=O)[N+]3=C4CC[C@H]3Cc3cc(=O)[nH]nc34)cc2Cl)cc1. The molecule has 2 aliphatic rings. The first-order chi connectivity index (χ1) is 16.4. The Kier molecular flexibility index (Phi) is 5.49. The minimum Gasteiger partial charge on any atom is -0.355 e. The van der Waals surface area contributed by atoms with Crippen LogP contribution in [0.3, 0.4) is 0 Å². The van der Waals surface area contributed by atoms with Crippen LogP contribution < -0.4 is 16.2 Å². The second kappa shape index (κ2) is 8.49. The molecule has 5 rings (SSSR count). The first-order valence-corrected chi connectivity index (χ1v) is 11.1. The molecule has 3 amide bonds. The number of H-pyrrole nitrogens is 1. The summed E-state index contributed by atoms with van der Waals surface area (Å²) in [6.07, 6.45) is 1.89. The number of carbonyl (C=O) groups is 2. The molecular weight excluding hydrogens is 461 g/mol. The van der Waals surface area contributed by atoms with Crippen molar-refractivity contribution in [3.8, 4) is 11.1 Å². The molecule has 172 valence electrons. The predicted octanol–water partition coefficient (Wildman–Crippen LogP) is 3.34. The molecule has 34 heavy (non-hydrogen) atoms. The zero-order chi connectivity index (χ0) is 24.0. The van der Waals surface area contributed by atoms with Crippen LogP contribution in [0, 0.1) is 5.82 Å². The molecule has 2 bridgehead atoms. The summed E-state index contributed by atoms with van der Waals surface area (Å²) in [7, 11) is 1.54. The van der Waals surface area contributed by atoms with Crippen LogP contribution in [0.4, 0.5) is 14.9 Å². The normalized spacial score (nSPS) is 16.3. The highest BCUT2D eigenvalue weighted by molar-refractivity contribution is 6.33. The van der Waals surface area contributed by atoms with Gasteiger partial charge < -0.3 is 5.32 Å². The summed E-state index contributed by atoms with van der Waals surface area (Å²) in [5, 5.41) is 12.0. The minimum absolute atomic E-state index is 0.0408. The average Bonchev–Trinajstić information content (AvgIpc) is 3.15. The number of nitrogens with zero attached hydrogens (tertiary/aromatic N) is 2. The maximum atomic E-state index is 15.0. The Morgan fingerprint density at radius 3 is 2.71 bits per heavy atom. The number of urea groups is 1. The molecule has 2 aliphatic heterocycles. The molecule has 8 nitrogen and oxygen atoms in total. The number of amides is 3. The fraction of sp³-hybridized carbons (Fsp3) is 0.208. The number of carbonyl (C=O) groups excluding carboxylic acids is 2. The lowest BCUT2D eigenvalue weighted by Gasteiger charge is -2.18. The highest BCUT2D eigenvalue weighted by Crippen LogP contribution is 2.33. The topological polar surface area (TPSA) is 107 Å². The van der Waals surface area contributed by atoms with E-state index in [2.05, 4.69) is 20.8 Å². The van der Waals surface area contributed by atoms with Crippen molar-refractivity contribution in [1.82, 2.24) is 15.5 Å². The standard InChI is InChI=1S/C24H19ClFN5O3/c1-27-23(33)13-4-2-12(3-5-13)16-10-18(26)19(11-17(16)25)28-24(34)31-15-6-7-20(31)22-14(8-15)9-21(32)29-30-22/h2-5,9-11,15H,6-8H2,1H3,(H2,27,28,33,34)/p+1/t15-/m0/s1. The molecule has 10 heteroatoms. The molecule has 1 atom stereocenters. The predicted molar refractivity (Wildman–Crippen MR) is 125 cm³/mol. The Morgan fingerprint density at radius 1 is 1.21 bits per heavy atom. The van der Waals surface area contributed by atoms with Gasteiger partial charge >= 0.3 is 6.03 Å². The number of hydrogen-bond donors (Lipinski definition) is 3. The van der Waals surface area contributed by atoms with E-state index >= 15 is 0 Å². The molecule has 2 aromatic carbocycles. The Balaban J connectivity index is 1.42. The number of halogens is 2. The third kappa shape index (κ3) is 3.77. The molecule has 3 N–H and O–H groups in total. The van der Waals surface area contributed by atoms with E-state index in [0.717, 1.165) is 12.0 Å². The van der Waals surface area contributed by atoms with Gasteiger partial charge in [-0.1, -0.05) is 23.7 Å². The van der Waals surface area contributed by atoms with Crippen LogP contribution in [-0.2, 0) is 6.42 Å². The van der Waals surface area contributed by atoms with Gasteiger partial charge in [0.2, 0.25) is 0 Å². The van der Waals surface area contributed by atoms with Crippen molar-refractivity contribution >= 4 is 34.9 Å². The molecule has 0 spiro atoms. The minimum atomic E-state index is -0.639. The maximum Gasteiger partial charge on any atom is 0.496 e. The number of rotatable bonds is 3. The van der Waals surface area contributed by atoms with Gasteiger partial charge in [-0.25, -0.2) is 14.8 Å². The van der Waals surface area contributed by atoms with Gasteiger partial charge in [-0.2, -0.15) is 14.5 Å². The second-order valence-corrected chi connectivity index (χ2v) is 8.63. The van der Waals surface area contributed by atoms with Gasteiger partial charge in [0.1, 0.15) is 17.4 Å². The highest BCUT2D eigenvalue weighted by Gasteiger charge is 2.42. The van der Waals surface area contributed by atoms with Crippen molar-refractivity contribution in [2.45, 2.75) is 25.3 Å². The van der Waals surface area contributed by atoms with E-state index in [1.165, 1.54) is 18.2 Å². The third-order valence-electron chi connectivity index (χ3n) is 6.19. The van der Waals surface area contributed by atoms with Gasteiger partial charge in [0.05, 0.1) is 5.02 Å². The number of fused-ring (bicyclic) bond motifs is 3. The molecule has 1 aromatic heterocycles. The second-order valence-electron chi connectivity index (χ2n) is 8.22. The molecule has 0 aliphatic carbocycles. The Morgan fingerprint density at radius 2 is 1.97 bits per heavy atom. The van der Waals surface area contributed by atoms with Crippen LogP contribution in [0.5, 0.6) is 0 Å². The van der Waals surface area contributed by atoms with Crippen LogP contribution in [0.1, 0.15) is 34.5 Å². The van der Waals surface area contributed by atoms with Gasteiger partial charge in [0, 0.05) is 43.1 Å². The van der Waals surface area contributed by atoms with E-state index in [9.17, 15) is 18.8 Å². The van der Waals surface area contributed by atoms with E-state index < -0.39 is 11.8 Å². The summed E-state index contributed by atoms with van der Waals surface area (Å²) in [6, 6.07) is 10.1. The van der Waals surface area contributed by atoms with Crippen molar-refractivity contribution in [1.29, 1.82) is 0 Å². The fourth-order valence-electron chi connectivity index (χ4n) is 4.57. The quantitative estimate of drug-likeness (QED) is 0.500. The van der Waals surface area contributed by atoms with Crippen LogP contribution in [0.25, 0.3) is 11.1 Å². The summed E-state index contributed by atoms with van der Waals surface area (Å²) in [6.45, 7) is 0. The zero-order valence-corrected chi connectivity index (χ0v) is 18.9. The first-order valence-electron chi connectivity index (χ1n) is 10.7. The van der Waals surface area contributed by atoms with Crippen LogP contribution in [-0.4, -0.2) is 45.5 Å². The largest absolute Gasteiger partial charge is 0.496 e. The van der Waals surface area contributed by atoms with Crippen molar-refractivity contribution in [2.24, 2.45) is 0 Å². The molecule has 0 fully saturated rings. The van der Waals surface area contributed by atoms with Crippen molar-refractivity contribution in [3.05, 3.63) is 80.5 Å². The monoisotopic (exact) mass is 480 g/mol. The molecule has 0 radical (unpaired) electrons. The lowest BCUT2D eigenvalue weighted by Crippen LogP contribution is -2.40. The highest BCUT2D eigenvalue weighted by atomic mass is 35.5. The van der Waals surface area contributed by atoms with E-state index in [0.29, 0.717) is 40.9 Å². The van der Waals surface area contributed by atoms with Crippen LogP contribution in [0.2, 0.25) is 5.02 Å². The third-order valence-corrected chi connectivity index (χ3v) is 6.50. The van der Waals surface area contributed by atoms with E-state index in [1.807, 2.05) is 0 Å². The van der Waals surface area contributed by atoms with E-state index in [4.69, 9.17) is 11.6 Å². The lowest BCUT2D eigenvalue weighted by molar-refractivity contribution is -0.460. The smallest absolute Gasteiger partial charge is 0.355 e. The van der Waals surface area contributed by atoms with Crippen LogP contribution >= 0.6 is 11.6 Å². The maximum absolute atomic E-state index is 15.0. The average molecular weight is 481 g/mol. The van der Waals surface area contributed by atoms with Gasteiger partial charge in [-0.05, 0) is 35.7 Å². The van der Waals surface area contributed by atoms with Gasteiger partial charge in [-0.15, -0.1) is 0 Å². The number of benzene rings is 2. The first kappa shape index (κ1) is 22.0. The van der Waals surface area contributed by atoms with E-state index in [-0.39, 0.29) is 28.2 Å². The number of nitrogens with one attached hydrogen (secondary N) is 3. The number of hydrogen-bond acceptors (Lipinski definition) is 4. The van der Waals surface area contributed by atoms with Crippen molar-refractivity contribution in [2.75, 3.05) is 12.4 Å². The van der Waals surface area contributed by atoms with Crippen molar-refractivity contribution in [3.63, 3.8) is 0 Å². The fourth-order valence-corrected chi connectivity index (χ4v) is 4.85. The number of aromatic nitrogens is 2. The molecule has 0 saturated carbocycles. The molecule has 0 unspecified atom stereocenters. The molecule has 3 heterocycles. The summed E-state index contributed by atoms with van der Waals surface area (Å²) in [4.78, 5) is 36.4. The number of anilines is 1. The summed E-state index contributed by atoms with van der Waals surface area (Å²) >= 11 is 6.43. The summed E-state index contributed by atoms with van der Waals surface area (Å²) < 4.78 is 16.6. The van der Waals surface area contributed by atoms with Gasteiger partial charge in [-0.3, -0.25) is 9.59 Å². The Hall–Kier alpha value is -3.85. The summed E-state index contributed by atoms with van der Waals surface area (Å²) in [5.74, 6) is -0.865. The van der Waals surface area contributed by atoms with Crippen LogP contribution in [0.15, 0.2) is 47.3 Å². The molecule has 0 saturated heterocycles. The number of aromatic amines is 1. The summed E-state index contributed by atoms with van der Waals surface area (Å²) in [5.41, 5.74) is 3.34. The van der Waals surface area contributed by atoms with Gasteiger partial charge in [0.15, 0.2) is 11.5 Å². The van der Waals surface area contributed by atoms with Crippen molar-refractivity contribution < 1.29 is 18.6 Å². The molecule has 3 aromatic rings. The lowest BCUT2D eigenvalue weighted by atomic mass is 10.0. The zero-order valence-electron chi connectivity index (χ0n) is 18.1. The molecular formula is C24H20ClFN5O3+. The van der Waals surface area contributed by atoms with E-state index in [1.54, 1.807) is 35.9 Å².